The lowest BCUT2D eigenvalue weighted by Crippen LogP contribution is -2.40. The largest absolute Gasteiger partial charge is 0.351 e. The second kappa shape index (κ2) is 4.17. The maximum absolute atomic E-state index is 11.3. The van der Waals surface area contributed by atoms with Crippen molar-refractivity contribution in [1.29, 1.82) is 0 Å². The van der Waals surface area contributed by atoms with E-state index in [4.69, 9.17) is 0 Å². The molecule has 2 rings (SSSR count). The van der Waals surface area contributed by atoms with Gasteiger partial charge in [-0.2, -0.15) is 0 Å². The average Bonchev–Trinajstić information content (AvgIpc) is 2.55. The fourth-order valence-corrected chi connectivity index (χ4v) is 2.61. The third kappa shape index (κ3) is 2.51. The summed E-state index contributed by atoms with van der Waals surface area (Å²) >= 11 is 0. The SMILES string of the molecule is Cc1cc(C)c(CC2(C)CCC(=O)N2)cc1C. The van der Waals surface area contributed by atoms with Crippen LogP contribution in [0, 0.1) is 20.8 Å². The van der Waals surface area contributed by atoms with Gasteiger partial charge in [-0.15, -0.1) is 0 Å². The predicted molar refractivity (Wildman–Crippen MR) is 70.1 cm³/mol. The van der Waals surface area contributed by atoms with Crippen molar-refractivity contribution >= 4 is 5.91 Å². The van der Waals surface area contributed by atoms with Crippen molar-refractivity contribution in [3.63, 3.8) is 0 Å². The molecule has 0 saturated carbocycles. The van der Waals surface area contributed by atoms with Crippen molar-refractivity contribution in [2.45, 2.75) is 52.5 Å². The van der Waals surface area contributed by atoms with Gasteiger partial charge in [-0.3, -0.25) is 4.79 Å². The van der Waals surface area contributed by atoms with Crippen LogP contribution in [0.2, 0.25) is 0 Å². The van der Waals surface area contributed by atoms with E-state index in [-0.39, 0.29) is 11.4 Å². The van der Waals surface area contributed by atoms with Crippen molar-refractivity contribution in [2.24, 2.45) is 0 Å². The minimum absolute atomic E-state index is 0.0520. The highest BCUT2D eigenvalue weighted by molar-refractivity contribution is 5.79. The second-order valence-electron chi connectivity index (χ2n) is 5.65. The molecule has 1 aliphatic rings. The molecule has 1 aliphatic heterocycles. The van der Waals surface area contributed by atoms with E-state index in [1.807, 2.05) is 0 Å². The van der Waals surface area contributed by atoms with E-state index in [1.54, 1.807) is 0 Å². The van der Waals surface area contributed by atoms with Gasteiger partial charge in [0.15, 0.2) is 0 Å². The van der Waals surface area contributed by atoms with Crippen LogP contribution in [0.5, 0.6) is 0 Å². The Morgan fingerprint density at radius 2 is 1.82 bits per heavy atom. The Kier molecular flexibility index (Phi) is 2.98. The van der Waals surface area contributed by atoms with Crippen LogP contribution in [0.4, 0.5) is 0 Å². The fourth-order valence-electron chi connectivity index (χ4n) is 2.61. The van der Waals surface area contributed by atoms with E-state index in [2.05, 4.69) is 45.1 Å². The summed E-state index contributed by atoms with van der Waals surface area (Å²) in [5, 5.41) is 3.10. The molecule has 0 radical (unpaired) electrons. The summed E-state index contributed by atoms with van der Waals surface area (Å²) in [6.07, 6.45) is 2.55. The summed E-state index contributed by atoms with van der Waals surface area (Å²) in [6.45, 7) is 8.59. The lowest BCUT2D eigenvalue weighted by molar-refractivity contribution is -0.119. The van der Waals surface area contributed by atoms with E-state index < -0.39 is 0 Å². The molecule has 2 nitrogen and oxygen atoms in total. The molecule has 1 atom stereocenters. The number of nitrogens with one attached hydrogen (secondary N) is 1. The molecule has 1 N–H and O–H groups in total. The second-order valence-corrected chi connectivity index (χ2v) is 5.65. The van der Waals surface area contributed by atoms with E-state index in [9.17, 15) is 4.79 Å². The molecule has 2 heteroatoms. The Morgan fingerprint density at radius 1 is 1.18 bits per heavy atom. The summed E-state index contributed by atoms with van der Waals surface area (Å²) in [5.41, 5.74) is 5.31. The molecular formula is C15H21NO. The van der Waals surface area contributed by atoms with Crippen LogP contribution in [0.3, 0.4) is 0 Å². The molecule has 17 heavy (non-hydrogen) atoms. The minimum atomic E-state index is -0.0520. The highest BCUT2D eigenvalue weighted by Crippen LogP contribution is 2.26. The maximum atomic E-state index is 11.3. The number of benzene rings is 1. The molecule has 1 heterocycles. The van der Waals surface area contributed by atoms with Crippen LogP contribution < -0.4 is 5.32 Å². The van der Waals surface area contributed by atoms with E-state index in [0.717, 1.165) is 12.8 Å². The summed E-state index contributed by atoms with van der Waals surface area (Å²) in [4.78, 5) is 11.3. The van der Waals surface area contributed by atoms with Crippen LogP contribution in [0.15, 0.2) is 12.1 Å². The first-order valence-corrected chi connectivity index (χ1v) is 6.27. The minimum Gasteiger partial charge on any atom is -0.351 e. The third-order valence-electron chi connectivity index (χ3n) is 3.88. The summed E-state index contributed by atoms with van der Waals surface area (Å²) in [6, 6.07) is 4.51. The molecule has 1 unspecified atom stereocenters. The van der Waals surface area contributed by atoms with Gasteiger partial charge >= 0.3 is 0 Å². The molecule has 1 aromatic rings. The Morgan fingerprint density at radius 3 is 2.41 bits per heavy atom. The molecule has 0 aliphatic carbocycles. The first-order valence-electron chi connectivity index (χ1n) is 6.27. The normalized spacial score (nSPS) is 23.9. The van der Waals surface area contributed by atoms with Gasteiger partial charge in [0.25, 0.3) is 0 Å². The number of hydrogen-bond acceptors (Lipinski definition) is 1. The molecule has 0 aromatic heterocycles. The molecule has 0 bridgehead atoms. The molecule has 1 fully saturated rings. The van der Waals surface area contributed by atoms with E-state index in [0.29, 0.717) is 6.42 Å². The van der Waals surface area contributed by atoms with Crippen LogP contribution in [0.1, 0.15) is 42.0 Å². The van der Waals surface area contributed by atoms with Gasteiger partial charge in [0.2, 0.25) is 5.91 Å². The highest BCUT2D eigenvalue weighted by atomic mass is 16.2. The van der Waals surface area contributed by atoms with Gasteiger partial charge in [0, 0.05) is 12.0 Å². The Hall–Kier alpha value is -1.31. The zero-order valence-electron chi connectivity index (χ0n) is 11.2. The van der Waals surface area contributed by atoms with Crippen molar-refractivity contribution in [3.8, 4) is 0 Å². The Balaban J connectivity index is 2.24. The van der Waals surface area contributed by atoms with Crippen molar-refractivity contribution in [3.05, 3.63) is 34.4 Å². The summed E-state index contributed by atoms with van der Waals surface area (Å²) < 4.78 is 0. The molecular weight excluding hydrogens is 210 g/mol. The van der Waals surface area contributed by atoms with Gasteiger partial charge in [-0.25, -0.2) is 0 Å². The molecule has 1 saturated heterocycles. The first-order chi connectivity index (χ1) is 7.89. The predicted octanol–water partition coefficient (Wildman–Crippen LogP) is 2.82. The molecule has 92 valence electrons. The number of carbonyl (C=O) groups excluding carboxylic acids is 1. The van der Waals surface area contributed by atoms with E-state index in [1.165, 1.54) is 22.3 Å². The van der Waals surface area contributed by atoms with Gasteiger partial charge in [0.05, 0.1) is 0 Å². The van der Waals surface area contributed by atoms with Crippen molar-refractivity contribution in [2.75, 3.05) is 0 Å². The standard InChI is InChI=1S/C15H21NO/c1-10-7-12(3)13(8-11(10)2)9-15(4)6-5-14(17)16-15/h7-8H,5-6,9H2,1-4H3,(H,16,17). The van der Waals surface area contributed by atoms with Gasteiger partial charge in [0.1, 0.15) is 0 Å². The Bertz CT molecular complexity index is 464. The number of rotatable bonds is 2. The number of aryl methyl sites for hydroxylation is 3. The number of hydrogen-bond donors (Lipinski definition) is 1. The van der Waals surface area contributed by atoms with Gasteiger partial charge in [-0.1, -0.05) is 12.1 Å². The lowest BCUT2D eigenvalue weighted by Gasteiger charge is -2.25. The topological polar surface area (TPSA) is 29.1 Å². The van der Waals surface area contributed by atoms with Crippen LogP contribution >= 0.6 is 0 Å². The maximum Gasteiger partial charge on any atom is 0.220 e. The summed E-state index contributed by atoms with van der Waals surface area (Å²) in [7, 11) is 0. The third-order valence-corrected chi connectivity index (χ3v) is 3.88. The van der Waals surface area contributed by atoms with E-state index >= 15 is 0 Å². The zero-order chi connectivity index (χ0) is 12.6. The smallest absolute Gasteiger partial charge is 0.220 e. The zero-order valence-corrected chi connectivity index (χ0v) is 11.2. The molecule has 1 amide bonds. The van der Waals surface area contributed by atoms with Crippen molar-refractivity contribution in [1.82, 2.24) is 5.32 Å². The fraction of sp³-hybridized carbons (Fsp3) is 0.533. The number of carbonyl (C=O) groups is 1. The van der Waals surface area contributed by atoms with Crippen LogP contribution in [-0.2, 0) is 11.2 Å². The molecule has 0 spiro atoms. The molecule has 1 aromatic carbocycles. The summed E-state index contributed by atoms with van der Waals surface area (Å²) in [5.74, 6) is 0.189. The Labute approximate surface area is 103 Å². The van der Waals surface area contributed by atoms with Gasteiger partial charge in [-0.05, 0) is 62.8 Å². The van der Waals surface area contributed by atoms with Crippen LogP contribution in [0.25, 0.3) is 0 Å². The average molecular weight is 231 g/mol. The van der Waals surface area contributed by atoms with Crippen LogP contribution in [-0.4, -0.2) is 11.4 Å². The quantitative estimate of drug-likeness (QED) is 0.833. The lowest BCUT2D eigenvalue weighted by atomic mass is 9.88. The van der Waals surface area contributed by atoms with Gasteiger partial charge < -0.3 is 5.32 Å². The monoisotopic (exact) mass is 231 g/mol. The van der Waals surface area contributed by atoms with Crippen molar-refractivity contribution < 1.29 is 4.79 Å². The first kappa shape index (κ1) is 12.2. The number of amides is 1. The highest BCUT2D eigenvalue weighted by Gasteiger charge is 2.33.